The highest BCUT2D eigenvalue weighted by Gasteiger charge is 2.51. The third-order valence-corrected chi connectivity index (χ3v) is 46.2. The van der Waals surface area contributed by atoms with Gasteiger partial charge in [0.15, 0.2) is 29.2 Å². The van der Waals surface area contributed by atoms with Gasteiger partial charge in [-0.25, -0.2) is 0 Å². The van der Waals surface area contributed by atoms with E-state index in [9.17, 15) is 40.2 Å². The summed E-state index contributed by atoms with van der Waals surface area (Å²) in [4.78, 5) is 25.3. The van der Waals surface area contributed by atoms with E-state index in [-0.39, 0.29) is 39.3 Å². The predicted molar refractivity (Wildman–Crippen MR) is 293 cm³/mol. The Morgan fingerprint density at radius 3 is 0.877 bits per heavy atom. The van der Waals surface area contributed by atoms with Crippen LogP contribution in [0.15, 0.2) is 0 Å². The molecule has 2 saturated heterocycles. The lowest BCUT2D eigenvalue weighted by molar-refractivity contribution is -0.300. The van der Waals surface area contributed by atoms with Crippen LogP contribution in [0.4, 0.5) is 0 Å². The molecule has 0 amide bonds. The second kappa shape index (κ2) is 28.0. The first kappa shape index (κ1) is 69.3. The van der Waals surface area contributed by atoms with Gasteiger partial charge in [0.2, 0.25) is 0 Å². The summed E-state index contributed by atoms with van der Waals surface area (Å²) in [7, 11) is -24.4. The van der Waals surface area contributed by atoms with Crippen molar-refractivity contribution >= 4 is 88.5 Å². The number of aliphatic hydroxyl groups excluding tert-OH is 6. The van der Waals surface area contributed by atoms with Crippen LogP contribution in [0.3, 0.4) is 0 Å². The van der Waals surface area contributed by atoms with Crippen molar-refractivity contribution in [1.29, 1.82) is 0 Å². The summed E-state index contributed by atoms with van der Waals surface area (Å²) in [6, 6.07) is 1.32. The maximum atomic E-state index is 12.7. The molecule has 0 aromatic heterocycles. The van der Waals surface area contributed by atoms with Crippen LogP contribution in [0.25, 0.3) is 0 Å². The van der Waals surface area contributed by atoms with Gasteiger partial charge in [0.05, 0.1) is 0 Å². The van der Waals surface area contributed by atoms with E-state index >= 15 is 0 Å². The summed E-state index contributed by atoms with van der Waals surface area (Å²) >= 11 is 0. The highest BCUT2D eigenvalue weighted by molar-refractivity contribution is 6.93. The third kappa shape index (κ3) is 25.4. The van der Waals surface area contributed by atoms with Gasteiger partial charge in [-0.1, -0.05) is 0 Å². The Labute approximate surface area is 445 Å². The van der Waals surface area contributed by atoms with Gasteiger partial charge in [-0.3, -0.25) is 9.59 Å². The first-order valence-electron chi connectivity index (χ1n) is 25.5. The number of carbonyl (C=O) groups excluding carboxylic acids is 2. The van der Waals surface area contributed by atoms with Gasteiger partial charge in [-0.05, 0) is 157 Å². The molecular weight excluding hydrogens is 1110 g/mol. The molecule has 0 spiro atoms. The summed E-state index contributed by atoms with van der Waals surface area (Å²) in [5.41, 5.74) is 0. The Morgan fingerprint density at radius 1 is 0.384 bits per heavy atom. The molecule has 73 heavy (non-hydrogen) atoms. The van der Waals surface area contributed by atoms with Gasteiger partial charge < -0.3 is 92.0 Å². The van der Waals surface area contributed by atoms with E-state index < -0.39 is 150 Å². The van der Waals surface area contributed by atoms with Crippen LogP contribution in [0, 0.1) is 0 Å². The van der Waals surface area contributed by atoms with Crippen LogP contribution in [0.5, 0.6) is 0 Å². The van der Waals surface area contributed by atoms with Crippen molar-refractivity contribution in [3.8, 4) is 0 Å². The molecule has 31 heteroatoms. The minimum absolute atomic E-state index is 0.120. The van der Waals surface area contributed by atoms with Crippen LogP contribution in [0.1, 0.15) is 39.5 Å². The molecule has 2 unspecified atom stereocenters. The first-order chi connectivity index (χ1) is 33.0. The lowest BCUT2D eigenvalue weighted by Gasteiger charge is -2.44. The highest BCUT2D eigenvalue weighted by Crippen LogP contribution is 2.32. The zero-order chi connectivity index (χ0) is 56.4. The fourth-order valence-electron chi connectivity index (χ4n) is 9.65. The van der Waals surface area contributed by atoms with Gasteiger partial charge in [0.1, 0.15) is 62.0 Å². The van der Waals surface area contributed by atoms with Crippen molar-refractivity contribution in [1.82, 2.24) is 0 Å². The smallest absolute Gasteiger partial charge is 0.314 e. The number of ether oxygens (including phenoxy) is 6. The molecular formula is C42H96O22Si9. The highest BCUT2D eigenvalue weighted by atomic mass is 28.5. The number of hydrogen-bond donors (Lipinski definition) is 6. The van der Waals surface area contributed by atoms with E-state index in [2.05, 4.69) is 26.2 Å². The summed E-state index contributed by atoms with van der Waals surface area (Å²) < 4.78 is 86.7. The van der Waals surface area contributed by atoms with E-state index in [4.69, 9.17) is 61.3 Å². The van der Waals surface area contributed by atoms with E-state index in [1.54, 1.807) is 13.8 Å². The zero-order valence-electron chi connectivity index (χ0n) is 47.6. The maximum absolute atomic E-state index is 12.7. The van der Waals surface area contributed by atoms with Crippen molar-refractivity contribution in [2.45, 2.75) is 231 Å². The Balaban J connectivity index is 1.87. The Morgan fingerprint density at radius 2 is 0.630 bits per heavy atom. The fraction of sp³-hybridized carbons (Fsp3) is 0.952. The number of esters is 2. The molecule has 0 aromatic rings. The average Bonchev–Trinajstić information content (AvgIpc) is 3.16. The van der Waals surface area contributed by atoms with E-state index in [0.717, 1.165) is 0 Å². The van der Waals surface area contributed by atoms with Crippen molar-refractivity contribution in [3.63, 3.8) is 0 Å². The summed E-state index contributed by atoms with van der Waals surface area (Å²) in [6.07, 6.45) is -11.9. The molecule has 0 aromatic carbocycles. The number of hydrogen-bond acceptors (Lipinski definition) is 22. The largest absolute Gasteiger partial charge is 0.463 e. The molecule has 2 heterocycles. The van der Waals surface area contributed by atoms with Crippen molar-refractivity contribution in [3.05, 3.63) is 0 Å². The molecule has 2 rings (SSSR count). The molecule has 2 fully saturated rings. The average molecular weight is 1210 g/mol. The second-order valence-corrected chi connectivity index (χ2v) is 57.3. The van der Waals surface area contributed by atoms with Crippen LogP contribution < -0.4 is 0 Å². The van der Waals surface area contributed by atoms with E-state index in [1.807, 2.05) is 91.7 Å². The zero-order valence-corrected chi connectivity index (χ0v) is 56.6. The molecule has 2 aliphatic heterocycles. The Hall–Kier alpha value is 0.172. The number of aliphatic hydroxyl groups is 6. The van der Waals surface area contributed by atoms with Crippen molar-refractivity contribution < 1.29 is 102 Å². The molecule has 0 bridgehead atoms. The normalized spacial score (nSPS) is 26.5. The summed E-state index contributed by atoms with van der Waals surface area (Å²) in [6.45, 7) is 39.5. The van der Waals surface area contributed by atoms with Gasteiger partial charge in [-0.15, -0.1) is 0 Å². The minimum atomic E-state index is -2.87. The van der Waals surface area contributed by atoms with E-state index in [0.29, 0.717) is 24.9 Å². The SMILES string of the molecule is CCOC1O[C@H](COC(=O)CCC[Si](C)(C)O[Si](C)(C)O[Si](C)(C)O[Si](C)(C)O[Si](C)(C)O[Si](C)(C)O[Si](C)(C)O[Si](C)(C)O[Si](C)(C)CCCC(=O)OC[C@H]2OC(OCC)[C@H](O)[C@@H](O)[C@@H]2O)[C@@H](O)[C@H](O)[C@H]1O. The molecule has 0 aliphatic carbocycles. The van der Waals surface area contributed by atoms with Gasteiger partial charge in [-0.2, -0.15) is 0 Å². The number of rotatable bonds is 32. The Kier molecular flexibility index (Phi) is 26.6. The van der Waals surface area contributed by atoms with Crippen molar-refractivity contribution in [2.75, 3.05) is 26.4 Å². The molecule has 10 atom stereocenters. The van der Waals surface area contributed by atoms with Gasteiger partial charge >= 0.3 is 71.9 Å². The molecule has 6 N–H and O–H groups in total. The van der Waals surface area contributed by atoms with Crippen LogP contribution in [-0.4, -0.2) is 207 Å². The summed E-state index contributed by atoms with van der Waals surface area (Å²) in [5, 5.41) is 61.3. The van der Waals surface area contributed by atoms with Crippen LogP contribution in [-0.2, 0) is 70.9 Å². The fourth-order valence-corrected chi connectivity index (χ4v) is 55.4. The molecule has 22 nitrogen and oxygen atoms in total. The lowest BCUT2D eigenvalue weighted by Crippen LogP contribution is -2.62. The van der Waals surface area contributed by atoms with Crippen LogP contribution >= 0.6 is 0 Å². The minimum Gasteiger partial charge on any atom is -0.463 e. The molecule has 432 valence electrons. The predicted octanol–water partition coefficient (Wildman–Crippen LogP) is 4.78. The molecule has 0 radical (unpaired) electrons. The van der Waals surface area contributed by atoms with Gasteiger partial charge in [0, 0.05) is 26.1 Å². The number of carbonyl (C=O) groups is 2. The van der Waals surface area contributed by atoms with Crippen LogP contribution in [0.2, 0.25) is 130 Å². The molecule has 2 aliphatic rings. The monoisotopic (exact) mass is 1200 g/mol. The van der Waals surface area contributed by atoms with Crippen molar-refractivity contribution in [2.24, 2.45) is 0 Å². The maximum Gasteiger partial charge on any atom is 0.314 e. The topological polar surface area (TPSA) is 285 Å². The van der Waals surface area contributed by atoms with Gasteiger partial charge in [0.25, 0.3) is 0 Å². The standard InChI is InChI=1S/C42H96O22Si9/c1-21-51-41-39(49)37(47)35(45)31(55-41)29-53-33(43)25-23-27-65(3,4)57-67(7,8)59-69(11,12)61-71(15,16)63-73(19,20)64-72(17,18)62-70(13,14)60-68(9,10)58-66(5,6)28-24-26-34(44)54-30-32-36(46)38(48)40(50)42(56-32)52-22-2/h31-32,35-42,45-50H,21-30H2,1-20H3/t31-,32-,35-,36-,37+,38+,39-,40-,41?,42?/m1/s1. The molecule has 0 saturated carbocycles. The van der Waals surface area contributed by atoms with E-state index in [1.165, 1.54) is 0 Å². The summed E-state index contributed by atoms with van der Waals surface area (Å²) in [5.74, 6) is -0.964. The Bertz CT molecular complexity index is 1590. The second-order valence-electron chi connectivity index (χ2n) is 23.1. The first-order valence-corrected chi connectivity index (χ1v) is 51.5. The lowest BCUT2D eigenvalue weighted by atomic mass is 9.99. The quantitative estimate of drug-likeness (QED) is 0.0390. The third-order valence-electron chi connectivity index (χ3n) is 11.1.